The summed E-state index contributed by atoms with van der Waals surface area (Å²) in [7, 11) is 1.50. The fraction of sp³-hybridized carbons (Fsp3) is 0.478. The van der Waals surface area contributed by atoms with E-state index in [0.717, 1.165) is 11.4 Å². The number of morpholine rings is 1. The Labute approximate surface area is 185 Å². The highest BCUT2D eigenvalue weighted by atomic mass is 16.5. The number of benzene rings is 1. The standard InChI is InChI=1S/C23H25N3O6/c1-30-17-4-2-3-16(21(17)32-13-18(27)25-7-9-31-10-8-25)12-24-26-22(28)19-14-5-6-15(11-14)20(19)23(26)29/h2-6,12,14-15,19-20H,7-11,13H2,1H3. The van der Waals surface area contributed by atoms with Gasteiger partial charge in [-0.25, -0.2) is 0 Å². The molecule has 2 saturated heterocycles. The van der Waals surface area contributed by atoms with Crippen LogP contribution in [-0.2, 0) is 19.1 Å². The van der Waals surface area contributed by atoms with Gasteiger partial charge in [-0.05, 0) is 30.4 Å². The molecule has 0 aromatic heterocycles. The Kier molecular flexibility index (Phi) is 5.42. The van der Waals surface area contributed by atoms with Crippen LogP contribution in [-0.4, -0.2) is 73.9 Å². The van der Waals surface area contributed by atoms with Crippen LogP contribution in [0.2, 0.25) is 0 Å². The lowest BCUT2D eigenvalue weighted by Crippen LogP contribution is -2.43. The van der Waals surface area contributed by atoms with Gasteiger partial charge in [0.05, 0.1) is 38.4 Å². The molecular weight excluding hydrogens is 414 g/mol. The van der Waals surface area contributed by atoms with Crippen molar-refractivity contribution in [2.45, 2.75) is 6.42 Å². The van der Waals surface area contributed by atoms with E-state index < -0.39 is 0 Å². The third-order valence-electron chi connectivity index (χ3n) is 6.69. The second kappa shape index (κ2) is 8.38. The highest BCUT2D eigenvalue weighted by Gasteiger charge is 2.59. The number of nitrogens with zero attached hydrogens (tertiary/aromatic N) is 3. The van der Waals surface area contributed by atoms with Crippen molar-refractivity contribution in [3.05, 3.63) is 35.9 Å². The Morgan fingerprint density at radius 3 is 2.50 bits per heavy atom. The first kappa shape index (κ1) is 20.7. The van der Waals surface area contributed by atoms with E-state index in [0.29, 0.717) is 43.4 Å². The Morgan fingerprint density at radius 1 is 1.16 bits per heavy atom. The molecule has 4 atom stereocenters. The van der Waals surface area contributed by atoms with Crippen molar-refractivity contribution in [3.63, 3.8) is 0 Å². The van der Waals surface area contributed by atoms with Gasteiger partial charge < -0.3 is 19.1 Å². The van der Waals surface area contributed by atoms with E-state index in [4.69, 9.17) is 14.2 Å². The second-order valence-electron chi connectivity index (χ2n) is 8.39. The molecule has 3 fully saturated rings. The smallest absolute Gasteiger partial charge is 0.260 e. The van der Waals surface area contributed by atoms with E-state index in [-0.39, 0.29) is 48.0 Å². The molecule has 0 radical (unpaired) electrons. The quantitative estimate of drug-likeness (QED) is 0.374. The zero-order valence-electron chi connectivity index (χ0n) is 17.8. The van der Waals surface area contributed by atoms with E-state index in [1.54, 1.807) is 23.1 Å². The summed E-state index contributed by atoms with van der Waals surface area (Å²) in [5, 5.41) is 5.21. The average Bonchev–Trinajstić information content (AvgIpc) is 3.51. The summed E-state index contributed by atoms with van der Waals surface area (Å²) in [4.78, 5) is 39.9. The number of hydrazone groups is 1. The summed E-state index contributed by atoms with van der Waals surface area (Å²) in [5.41, 5.74) is 0.512. The maximum atomic E-state index is 12.8. The number of hydrogen-bond donors (Lipinski definition) is 0. The van der Waals surface area contributed by atoms with Gasteiger partial charge in [0.2, 0.25) is 0 Å². The van der Waals surface area contributed by atoms with E-state index in [9.17, 15) is 14.4 Å². The van der Waals surface area contributed by atoms with Crippen molar-refractivity contribution >= 4 is 23.9 Å². The molecule has 32 heavy (non-hydrogen) atoms. The van der Waals surface area contributed by atoms with E-state index >= 15 is 0 Å². The van der Waals surface area contributed by atoms with Crippen LogP contribution >= 0.6 is 0 Å². The van der Waals surface area contributed by atoms with Gasteiger partial charge in [-0.2, -0.15) is 10.1 Å². The Balaban J connectivity index is 1.33. The molecule has 9 heteroatoms. The minimum atomic E-state index is -0.304. The minimum Gasteiger partial charge on any atom is -0.493 e. The Hall–Kier alpha value is -3.20. The third-order valence-corrected chi connectivity index (χ3v) is 6.69. The van der Waals surface area contributed by atoms with Gasteiger partial charge in [0, 0.05) is 18.7 Å². The van der Waals surface area contributed by atoms with Crippen LogP contribution in [0.4, 0.5) is 0 Å². The SMILES string of the molecule is COc1cccc(C=NN2C(=O)C3C4C=CC(C4)C3C2=O)c1OCC(=O)N1CCOCC1. The molecule has 4 aliphatic rings. The maximum absolute atomic E-state index is 12.8. The number of fused-ring (bicyclic) bond motifs is 5. The molecule has 4 unspecified atom stereocenters. The summed E-state index contributed by atoms with van der Waals surface area (Å²) < 4.78 is 16.5. The summed E-state index contributed by atoms with van der Waals surface area (Å²) in [6.45, 7) is 1.91. The molecular formula is C23H25N3O6. The number of carbonyl (C=O) groups is 3. The molecule has 0 spiro atoms. The van der Waals surface area contributed by atoms with Gasteiger partial charge in [-0.1, -0.05) is 18.2 Å². The van der Waals surface area contributed by atoms with Crippen molar-refractivity contribution in [1.29, 1.82) is 0 Å². The van der Waals surface area contributed by atoms with Crippen LogP contribution in [0, 0.1) is 23.7 Å². The van der Waals surface area contributed by atoms with E-state index in [1.807, 2.05) is 12.2 Å². The number of carbonyl (C=O) groups excluding carboxylic acids is 3. The van der Waals surface area contributed by atoms with Crippen LogP contribution in [0.1, 0.15) is 12.0 Å². The number of hydrogen-bond acceptors (Lipinski definition) is 7. The number of methoxy groups -OCH3 is 1. The van der Waals surface area contributed by atoms with Gasteiger partial charge in [0.1, 0.15) is 0 Å². The molecule has 0 N–H and O–H groups in total. The van der Waals surface area contributed by atoms with Crippen molar-refractivity contribution in [3.8, 4) is 11.5 Å². The van der Waals surface area contributed by atoms with Crippen molar-refractivity contribution < 1.29 is 28.6 Å². The number of para-hydroxylation sites is 1. The summed E-state index contributed by atoms with van der Waals surface area (Å²) in [6, 6.07) is 5.20. The van der Waals surface area contributed by atoms with E-state index in [2.05, 4.69) is 5.10 Å². The average molecular weight is 439 g/mol. The van der Waals surface area contributed by atoms with Crippen molar-refractivity contribution in [1.82, 2.24) is 9.91 Å². The molecule has 3 amide bonds. The zero-order valence-corrected chi connectivity index (χ0v) is 17.8. The number of imide groups is 1. The predicted molar refractivity (Wildman–Crippen MR) is 113 cm³/mol. The number of rotatable bonds is 6. The van der Waals surface area contributed by atoms with Crippen molar-refractivity contribution in [2.24, 2.45) is 28.8 Å². The third kappa shape index (κ3) is 3.46. The first-order valence-electron chi connectivity index (χ1n) is 10.8. The fourth-order valence-corrected chi connectivity index (χ4v) is 5.11. The van der Waals surface area contributed by atoms with Gasteiger partial charge in [0.15, 0.2) is 18.1 Å². The normalized spacial score (nSPS) is 28.7. The van der Waals surface area contributed by atoms with Crippen molar-refractivity contribution in [2.75, 3.05) is 40.0 Å². The molecule has 1 aromatic carbocycles. The van der Waals surface area contributed by atoms with Crippen LogP contribution < -0.4 is 9.47 Å². The summed E-state index contributed by atoms with van der Waals surface area (Å²) in [6.07, 6.45) is 6.38. The van der Waals surface area contributed by atoms with Gasteiger partial charge in [-0.3, -0.25) is 14.4 Å². The van der Waals surface area contributed by atoms with Crippen LogP contribution in [0.5, 0.6) is 11.5 Å². The Morgan fingerprint density at radius 2 is 1.84 bits per heavy atom. The summed E-state index contributed by atoms with van der Waals surface area (Å²) in [5.74, 6) is -0.233. The van der Waals surface area contributed by atoms with Gasteiger partial charge >= 0.3 is 0 Å². The number of allylic oxidation sites excluding steroid dienone is 2. The first-order chi connectivity index (χ1) is 15.6. The molecule has 9 nitrogen and oxygen atoms in total. The monoisotopic (exact) mass is 439 g/mol. The lowest BCUT2D eigenvalue weighted by molar-refractivity contribution is -0.140. The largest absolute Gasteiger partial charge is 0.493 e. The minimum absolute atomic E-state index is 0.128. The maximum Gasteiger partial charge on any atom is 0.260 e. The molecule has 2 aliphatic heterocycles. The predicted octanol–water partition coefficient (Wildman–Crippen LogP) is 1.07. The highest BCUT2D eigenvalue weighted by molar-refractivity contribution is 6.07. The summed E-state index contributed by atoms with van der Waals surface area (Å²) >= 11 is 0. The number of ether oxygens (including phenoxy) is 3. The molecule has 1 saturated carbocycles. The first-order valence-corrected chi connectivity index (χ1v) is 10.8. The lowest BCUT2D eigenvalue weighted by Gasteiger charge is -2.27. The molecule has 168 valence electrons. The fourth-order valence-electron chi connectivity index (χ4n) is 5.11. The second-order valence-corrected chi connectivity index (χ2v) is 8.39. The topological polar surface area (TPSA) is 97.7 Å². The Bertz CT molecular complexity index is 969. The number of amides is 3. The molecule has 1 aromatic rings. The van der Waals surface area contributed by atoms with Crippen LogP contribution in [0.25, 0.3) is 0 Å². The van der Waals surface area contributed by atoms with E-state index in [1.165, 1.54) is 13.3 Å². The highest BCUT2D eigenvalue weighted by Crippen LogP contribution is 2.52. The molecule has 2 heterocycles. The van der Waals surface area contributed by atoms with Crippen LogP contribution in [0.15, 0.2) is 35.5 Å². The molecule has 2 bridgehead atoms. The molecule has 2 aliphatic carbocycles. The van der Waals surface area contributed by atoms with Crippen LogP contribution in [0.3, 0.4) is 0 Å². The van der Waals surface area contributed by atoms with Gasteiger partial charge in [-0.15, -0.1) is 0 Å². The van der Waals surface area contributed by atoms with Gasteiger partial charge in [0.25, 0.3) is 17.7 Å². The molecule has 5 rings (SSSR count). The zero-order chi connectivity index (χ0) is 22.2. The lowest BCUT2D eigenvalue weighted by atomic mass is 9.85.